The number of halogens is 1. The summed E-state index contributed by atoms with van der Waals surface area (Å²) in [5.74, 6) is -2.25. The Kier molecular flexibility index (Phi) is 7.40. The summed E-state index contributed by atoms with van der Waals surface area (Å²) in [5.41, 5.74) is 3.93. The highest BCUT2D eigenvalue weighted by Crippen LogP contribution is 2.31. The number of nitrogens with zero attached hydrogens (tertiary/aromatic N) is 1. The van der Waals surface area contributed by atoms with Crippen molar-refractivity contribution in [3.8, 4) is 0 Å². The summed E-state index contributed by atoms with van der Waals surface area (Å²) in [4.78, 5) is 51.5. The summed E-state index contributed by atoms with van der Waals surface area (Å²) >= 11 is 6.22. The highest BCUT2D eigenvalue weighted by molar-refractivity contribution is 6.53. The molecule has 0 unspecified atom stereocenters. The van der Waals surface area contributed by atoms with Gasteiger partial charge in [-0.25, -0.2) is 9.69 Å². The fraction of sp³-hybridized carbons (Fsp3) is 0.143. The predicted octanol–water partition coefficient (Wildman–Crippen LogP) is 5.17. The van der Waals surface area contributed by atoms with E-state index < -0.39 is 17.8 Å². The zero-order chi connectivity index (χ0) is 26.7. The van der Waals surface area contributed by atoms with Crippen molar-refractivity contribution in [3.63, 3.8) is 0 Å². The molecule has 8 nitrogen and oxygen atoms in total. The number of hydrogen-bond donors (Lipinski definition) is 2. The van der Waals surface area contributed by atoms with E-state index in [0.29, 0.717) is 16.9 Å². The Morgan fingerprint density at radius 3 is 2.19 bits per heavy atom. The topological polar surface area (TPSA) is 105 Å². The fourth-order valence-corrected chi connectivity index (χ4v) is 4.14. The molecule has 0 saturated heterocycles. The van der Waals surface area contributed by atoms with E-state index in [-0.39, 0.29) is 34.5 Å². The van der Waals surface area contributed by atoms with Gasteiger partial charge in [-0.1, -0.05) is 23.7 Å². The molecule has 0 saturated carbocycles. The zero-order valence-electron chi connectivity index (χ0n) is 20.4. The summed E-state index contributed by atoms with van der Waals surface area (Å²) < 4.78 is 4.99. The maximum Gasteiger partial charge on any atom is 0.338 e. The highest BCUT2D eigenvalue weighted by atomic mass is 35.5. The van der Waals surface area contributed by atoms with Crippen molar-refractivity contribution in [1.82, 2.24) is 0 Å². The molecule has 9 heteroatoms. The summed E-state index contributed by atoms with van der Waals surface area (Å²) in [7, 11) is 0. The number of nitrogens with one attached hydrogen (secondary N) is 2. The average Bonchev–Trinajstić information content (AvgIpc) is 3.07. The van der Waals surface area contributed by atoms with Gasteiger partial charge in [0, 0.05) is 16.9 Å². The van der Waals surface area contributed by atoms with E-state index >= 15 is 0 Å². The monoisotopic (exact) mass is 517 g/mol. The van der Waals surface area contributed by atoms with Crippen LogP contribution in [0.3, 0.4) is 0 Å². The second-order valence-corrected chi connectivity index (χ2v) is 8.82. The number of ether oxygens (including phenoxy) is 1. The molecule has 4 rings (SSSR count). The van der Waals surface area contributed by atoms with E-state index in [1.165, 1.54) is 18.2 Å². The summed E-state index contributed by atoms with van der Waals surface area (Å²) in [6, 6.07) is 18.2. The Hall–Kier alpha value is -4.43. The van der Waals surface area contributed by atoms with E-state index in [1.54, 1.807) is 37.3 Å². The van der Waals surface area contributed by atoms with Crippen molar-refractivity contribution in [3.05, 3.63) is 99.7 Å². The van der Waals surface area contributed by atoms with Gasteiger partial charge in [0.2, 0.25) is 0 Å². The van der Waals surface area contributed by atoms with Crippen molar-refractivity contribution in [2.45, 2.75) is 20.8 Å². The minimum atomic E-state index is -0.723. The van der Waals surface area contributed by atoms with Gasteiger partial charge >= 0.3 is 5.97 Å². The number of amides is 3. The number of imide groups is 1. The largest absolute Gasteiger partial charge is 0.462 e. The van der Waals surface area contributed by atoms with Crippen LogP contribution in [-0.2, 0) is 14.3 Å². The predicted molar refractivity (Wildman–Crippen MR) is 142 cm³/mol. The summed E-state index contributed by atoms with van der Waals surface area (Å²) in [6.07, 6.45) is 0. The number of esters is 1. The molecule has 2 N–H and O–H groups in total. The number of hydrogen-bond acceptors (Lipinski definition) is 6. The Bertz CT molecular complexity index is 1430. The molecule has 3 amide bonds. The van der Waals surface area contributed by atoms with Gasteiger partial charge in [0.05, 0.1) is 17.9 Å². The van der Waals surface area contributed by atoms with Crippen LogP contribution < -0.4 is 15.5 Å². The van der Waals surface area contributed by atoms with Crippen molar-refractivity contribution < 1.29 is 23.9 Å². The molecule has 1 aliphatic heterocycles. The molecule has 0 fully saturated rings. The first kappa shape index (κ1) is 25.7. The van der Waals surface area contributed by atoms with Gasteiger partial charge in [0.25, 0.3) is 17.7 Å². The van der Waals surface area contributed by atoms with Crippen LogP contribution in [-0.4, -0.2) is 30.3 Å². The summed E-state index contributed by atoms with van der Waals surface area (Å²) in [5, 5.41) is 5.45. The quantitative estimate of drug-likeness (QED) is 0.331. The van der Waals surface area contributed by atoms with Gasteiger partial charge in [-0.05, 0) is 86.5 Å². The standard InChI is InChI=1S/C28H24ClN3O5/c1-4-37-28(36)19-6-5-7-22(15-19)32-26(34)23(29)24(27(32)35)30-20-10-8-18(9-11-20)25(33)31-21-13-16(2)12-17(3)14-21/h5-15,30H,4H2,1-3H3,(H,31,33). The van der Waals surface area contributed by atoms with Gasteiger partial charge in [-0.15, -0.1) is 0 Å². The van der Waals surface area contributed by atoms with Gasteiger partial charge < -0.3 is 15.4 Å². The molecule has 0 aromatic heterocycles. The van der Waals surface area contributed by atoms with E-state index in [0.717, 1.165) is 16.0 Å². The van der Waals surface area contributed by atoms with Crippen LogP contribution in [0.15, 0.2) is 77.5 Å². The van der Waals surface area contributed by atoms with Gasteiger partial charge in [-0.3, -0.25) is 14.4 Å². The lowest BCUT2D eigenvalue weighted by atomic mass is 10.1. The van der Waals surface area contributed by atoms with Crippen LogP contribution in [0.4, 0.5) is 17.1 Å². The van der Waals surface area contributed by atoms with Gasteiger partial charge in [0.15, 0.2) is 0 Å². The SMILES string of the molecule is CCOC(=O)c1cccc(N2C(=O)C(Cl)=C(Nc3ccc(C(=O)Nc4cc(C)cc(C)c4)cc3)C2=O)c1. The minimum absolute atomic E-state index is 0.111. The maximum absolute atomic E-state index is 13.1. The normalized spacial score (nSPS) is 13.1. The molecule has 3 aromatic rings. The van der Waals surface area contributed by atoms with Crippen molar-refractivity contribution in [2.75, 3.05) is 22.1 Å². The van der Waals surface area contributed by atoms with Crippen LogP contribution in [0.5, 0.6) is 0 Å². The number of aryl methyl sites for hydroxylation is 2. The van der Waals surface area contributed by atoms with Crippen LogP contribution in [0.25, 0.3) is 0 Å². The van der Waals surface area contributed by atoms with Gasteiger partial charge in [0.1, 0.15) is 10.7 Å². The molecular weight excluding hydrogens is 494 g/mol. The second kappa shape index (κ2) is 10.7. The number of benzene rings is 3. The Morgan fingerprint density at radius 2 is 1.54 bits per heavy atom. The lowest BCUT2D eigenvalue weighted by Crippen LogP contribution is -2.32. The van der Waals surface area contributed by atoms with E-state index in [9.17, 15) is 19.2 Å². The maximum atomic E-state index is 13.1. The molecule has 188 valence electrons. The number of carbonyl (C=O) groups excluding carboxylic acids is 4. The second-order valence-electron chi connectivity index (χ2n) is 8.44. The van der Waals surface area contributed by atoms with E-state index in [4.69, 9.17) is 16.3 Å². The number of rotatable bonds is 7. The Balaban J connectivity index is 1.48. The summed E-state index contributed by atoms with van der Waals surface area (Å²) in [6.45, 7) is 5.78. The van der Waals surface area contributed by atoms with E-state index in [2.05, 4.69) is 10.6 Å². The third kappa shape index (κ3) is 5.54. The minimum Gasteiger partial charge on any atom is -0.462 e. The molecule has 3 aromatic carbocycles. The van der Waals surface area contributed by atoms with Crippen molar-refractivity contribution in [1.29, 1.82) is 0 Å². The van der Waals surface area contributed by atoms with Crippen LogP contribution in [0.1, 0.15) is 38.8 Å². The Morgan fingerprint density at radius 1 is 0.865 bits per heavy atom. The molecule has 0 atom stereocenters. The smallest absolute Gasteiger partial charge is 0.338 e. The van der Waals surface area contributed by atoms with Crippen molar-refractivity contribution >= 4 is 52.4 Å². The number of anilines is 3. The Labute approximate surface area is 218 Å². The highest BCUT2D eigenvalue weighted by Gasteiger charge is 2.39. The molecule has 0 bridgehead atoms. The van der Waals surface area contributed by atoms with Crippen LogP contribution in [0.2, 0.25) is 0 Å². The fourth-order valence-electron chi connectivity index (χ4n) is 3.93. The van der Waals surface area contributed by atoms with E-state index in [1.807, 2.05) is 32.0 Å². The first-order valence-corrected chi connectivity index (χ1v) is 11.9. The molecule has 0 spiro atoms. The van der Waals surface area contributed by atoms with Crippen LogP contribution >= 0.6 is 11.6 Å². The van der Waals surface area contributed by atoms with Gasteiger partial charge in [-0.2, -0.15) is 0 Å². The molecule has 1 aliphatic rings. The third-order valence-electron chi connectivity index (χ3n) is 5.54. The lowest BCUT2D eigenvalue weighted by molar-refractivity contribution is -0.120. The first-order valence-electron chi connectivity index (χ1n) is 11.5. The van der Waals surface area contributed by atoms with Crippen LogP contribution in [0, 0.1) is 13.8 Å². The first-order chi connectivity index (χ1) is 17.7. The lowest BCUT2D eigenvalue weighted by Gasteiger charge is -2.16. The molecule has 0 radical (unpaired) electrons. The zero-order valence-corrected chi connectivity index (χ0v) is 21.2. The number of carbonyl (C=O) groups is 4. The molecule has 1 heterocycles. The molecule has 0 aliphatic carbocycles. The average molecular weight is 518 g/mol. The molecular formula is C28H24ClN3O5. The molecule has 37 heavy (non-hydrogen) atoms. The third-order valence-corrected chi connectivity index (χ3v) is 5.89. The van der Waals surface area contributed by atoms with Crippen molar-refractivity contribution in [2.24, 2.45) is 0 Å².